The minimum atomic E-state index is -0.397. The van der Waals surface area contributed by atoms with Gasteiger partial charge in [-0.25, -0.2) is 0 Å². The Kier molecular flexibility index (Phi) is 4.14. The molecule has 2 N–H and O–H groups in total. The lowest BCUT2D eigenvalue weighted by Crippen LogP contribution is -2.44. The number of nitrogens with two attached hydrogens (primary N) is 1. The second kappa shape index (κ2) is 5.15. The van der Waals surface area contributed by atoms with E-state index in [9.17, 15) is 4.79 Å². The number of carbonyl (C=O) groups excluding carboxylic acids is 1. The van der Waals surface area contributed by atoms with Crippen molar-refractivity contribution < 1.29 is 4.79 Å². The van der Waals surface area contributed by atoms with E-state index in [1.54, 1.807) is 6.08 Å². The van der Waals surface area contributed by atoms with E-state index in [4.69, 9.17) is 5.73 Å². The number of amides is 1. The SMILES string of the molecule is C=CCC(N)C(=O)N(CC)CC1CC1. The summed E-state index contributed by atoms with van der Waals surface area (Å²) in [7, 11) is 0. The van der Waals surface area contributed by atoms with Crippen LogP contribution in [0.1, 0.15) is 26.2 Å². The van der Waals surface area contributed by atoms with Crippen molar-refractivity contribution in [3.63, 3.8) is 0 Å². The fourth-order valence-corrected chi connectivity index (χ4v) is 1.50. The summed E-state index contributed by atoms with van der Waals surface area (Å²) >= 11 is 0. The third-order valence-electron chi connectivity index (χ3n) is 2.61. The quantitative estimate of drug-likeness (QED) is 0.648. The highest BCUT2D eigenvalue weighted by Gasteiger charge is 2.27. The average molecular weight is 196 g/mol. The molecule has 0 bridgehead atoms. The molecule has 0 saturated heterocycles. The Morgan fingerprint density at radius 1 is 1.71 bits per heavy atom. The molecule has 1 fully saturated rings. The summed E-state index contributed by atoms with van der Waals surface area (Å²) < 4.78 is 0. The zero-order chi connectivity index (χ0) is 10.6. The van der Waals surface area contributed by atoms with Crippen LogP contribution in [0.2, 0.25) is 0 Å². The maximum atomic E-state index is 11.8. The van der Waals surface area contributed by atoms with Crippen molar-refractivity contribution in [2.45, 2.75) is 32.2 Å². The fraction of sp³-hybridized carbons (Fsp3) is 0.727. The van der Waals surface area contributed by atoms with E-state index in [1.807, 2.05) is 11.8 Å². The Labute approximate surface area is 86.0 Å². The van der Waals surface area contributed by atoms with Crippen molar-refractivity contribution in [3.8, 4) is 0 Å². The van der Waals surface area contributed by atoms with Gasteiger partial charge in [0.25, 0.3) is 0 Å². The molecule has 80 valence electrons. The van der Waals surface area contributed by atoms with Crippen molar-refractivity contribution in [2.75, 3.05) is 13.1 Å². The molecule has 1 amide bonds. The van der Waals surface area contributed by atoms with E-state index in [-0.39, 0.29) is 5.91 Å². The number of likely N-dealkylation sites (N-methyl/N-ethyl adjacent to an activating group) is 1. The number of rotatable bonds is 6. The molecule has 0 aromatic rings. The molecule has 0 aromatic heterocycles. The van der Waals surface area contributed by atoms with Crippen LogP contribution in [0, 0.1) is 5.92 Å². The van der Waals surface area contributed by atoms with Crippen LogP contribution in [0.5, 0.6) is 0 Å². The first-order valence-electron chi connectivity index (χ1n) is 5.34. The van der Waals surface area contributed by atoms with E-state index in [1.165, 1.54) is 12.8 Å². The largest absolute Gasteiger partial charge is 0.341 e. The van der Waals surface area contributed by atoms with Crippen molar-refractivity contribution in [3.05, 3.63) is 12.7 Å². The maximum absolute atomic E-state index is 11.8. The van der Waals surface area contributed by atoms with E-state index in [0.717, 1.165) is 19.0 Å². The van der Waals surface area contributed by atoms with Crippen LogP contribution < -0.4 is 5.73 Å². The highest BCUT2D eigenvalue weighted by molar-refractivity contribution is 5.81. The van der Waals surface area contributed by atoms with Gasteiger partial charge in [0.15, 0.2) is 0 Å². The summed E-state index contributed by atoms with van der Waals surface area (Å²) in [5, 5.41) is 0. The van der Waals surface area contributed by atoms with Crippen LogP contribution in [0.25, 0.3) is 0 Å². The van der Waals surface area contributed by atoms with Gasteiger partial charge in [-0.1, -0.05) is 6.08 Å². The minimum Gasteiger partial charge on any atom is -0.341 e. The lowest BCUT2D eigenvalue weighted by molar-refractivity contribution is -0.132. The number of hydrogen-bond donors (Lipinski definition) is 1. The molecule has 0 aliphatic heterocycles. The van der Waals surface area contributed by atoms with Crippen molar-refractivity contribution in [1.82, 2.24) is 4.90 Å². The summed E-state index contributed by atoms with van der Waals surface area (Å²) in [6.45, 7) is 7.24. The second-order valence-corrected chi connectivity index (χ2v) is 3.95. The molecule has 1 unspecified atom stereocenters. The van der Waals surface area contributed by atoms with Crippen LogP contribution in [-0.2, 0) is 4.79 Å². The molecule has 1 saturated carbocycles. The Balaban J connectivity index is 2.40. The molecular weight excluding hydrogens is 176 g/mol. The van der Waals surface area contributed by atoms with Crippen molar-refractivity contribution in [1.29, 1.82) is 0 Å². The molecule has 0 spiro atoms. The topological polar surface area (TPSA) is 46.3 Å². The molecule has 0 aromatic carbocycles. The minimum absolute atomic E-state index is 0.0688. The number of carbonyl (C=O) groups is 1. The van der Waals surface area contributed by atoms with Crippen LogP contribution in [-0.4, -0.2) is 29.9 Å². The molecule has 1 rings (SSSR count). The fourth-order valence-electron chi connectivity index (χ4n) is 1.50. The van der Waals surface area contributed by atoms with Crippen LogP contribution >= 0.6 is 0 Å². The lowest BCUT2D eigenvalue weighted by atomic mass is 10.2. The van der Waals surface area contributed by atoms with Gasteiger partial charge in [0, 0.05) is 13.1 Å². The van der Waals surface area contributed by atoms with E-state index < -0.39 is 6.04 Å². The highest BCUT2D eigenvalue weighted by atomic mass is 16.2. The zero-order valence-electron chi connectivity index (χ0n) is 8.91. The third kappa shape index (κ3) is 3.14. The molecule has 1 aliphatic carbocycles. The van der Waals surface area contributed by atoms with E-state index in [0.29, 0.717) is 6.42 Å². The van der Waals surface area contributed by atoms with Gasteiger partial charge < -0.3 is 10.6 Å². The first-order valence-corrected chi connectivity index (χ1v) is 5.34. The second-order valence-electron chi connectivity index (χ2n) is 3.95. The van der Waals surface area contributed by atoms with Gasteiger partial charge in [-0.15, -0.1) is 6.58 Å². The average Bonchev–Trinajstić information content (AvgIpc) is 2.97. The Morgan fingerprint density at radius 2 is 2.36 bits per heavy atom. The smallest absolute Gasteiger partial charge is 0.239 e. The van der Waals surface area contributed by atoms with Crippen LogP contribution in [0.3, 0.4) is 0 Å². The van der Waals surface area contributed by atoms with Gasteiger partial charge in [0.2, 0.25) is 5.91 Å². The van der Waals surface area contributed by atoms with Gasteiger partial charge in [0.1, 0.15) is 0 Å². The van der Waals surface area contributed by atoms with Crippen LogP contribution in [0.15, 0.2) is 12.7 Å². The van der Waals surface area contributed by atoms with Gasteiger partial charge in [-0.3, -0.25) is 4.79 Å². The van der Waals surface area contributed by atoms with Crippen LogP contribution in [0.4, 0.5) is 0 Å². The molecule has 0 heterocycles. The van der Waals surface area contributed by atoms with Crippen molar-refractivity contribution >= 4 is 5.91 Å². The Morgan fingerprint density at radius 3 is 2.79 bits per heavy atom. The van der Waals surface area contributed by atoms with Gasteiger partial charge in [-0.2, -0.15) is 0 Å². The Bertz CT molecular complexity index is 211. The summed E-state index contributed by atoms with van der Waals surface area (Å²) in [6, 6.07) is -0.397. The Hall–Kier alpha value is -0.830. The standard InChI is InChI=1S/C11H20N2O/c1-3-5-10(12)11(14)13(4-2)8-9-6-7-9/h3,9-10H,1,4-8,12H2,2H3. The lowest BCUT2D eigenvalue weighted by Gasteiger charge is -2.23. The van der Waals surface area contributed by atoms with E-state index >= 15 is 0 Å². The first-order chi connectivity index (χ1) is 6.69. The highest BCUT2D eigenvalue weighted by Crippen LogP contribution is 2.29. The van der Waals surface area contributed by atoms with Gasteiger partial charge in [-0.05, 0) is 32.1 Å². The third-order valence-corrected chi connectivity index (χ3v) is 2.61. The molecule has 3 nitrogen and oxygen atoms in total. The predicted octanol–water partition coefficient (Wildman–Crippen LogP) is 1.15. The van der Waals surface area contributed by atoms with Gasteiger partial charge in [0.05, 0.1) is 6.04 Å². The maximum Gasteiger partial charge on any atom is 0.239 e. The molecule has 0 radical (unpaired) electrons. The summed E-state index contributed by atoms with van der Waals surface area (Å²) in [4.78, 5) is 13.6. The molecule has 3 heteroatoms. The summed E-state index contributed by atoms with van der Waals surface area (Å²) in [6.07, 6.45) is 4.80. The van der Waals surface area contributed by atoms with Crippen molar-refractivity contribution in [2.24, 2.45) is 11.7 Å². The zero-order valence-corrected chi connectivity index (χ0v) is 8.91. The molecule has 1 atom stereocenters. The predicted molar refractivity (Wildman–Crippen MR) is 57.8 cm³/mol. The van der Waals surface area contributed by atoms with Gasteiger partial charge >= 0.3 is 0 Å². The number of nitrogens with zero attached hydrogens (tertiary/aromatic N) is 1. The molecule has 14 heavy (non-hydrogen) atoms. The molecular formula is C11H20N2O. The summed E-state index contributed by atoms with van der Waals surface area (Å²) in [5.74, 6) is 0.800. The normalized spacial score (nSPS) is 17.6. The monoisotopic (exact) mass is 196 g/mol. The van der Waals surface area contributed by atoms with E-state index in [2.05, 4.69) is 6.58 Å². The first kappa shape index (κ1) is 11.2. The summed E-state index contributed by atoms with van der Waals surface area (Å²) in [5.41, 5.74) is 5.74. The number of hydrogen-bond acceptors (Lipinski definition) is 2. The molecule has 1 aliphatic rings.